The molecule has 4 nitrogen and oxygen atoms in total. The summed E-state index contributed by atoms with van der Waals surface area (Å²) in [4.78, 5) is 19.0. The molecule has 0 aliphatic rings. The van der Waals surface area contributed by atoms with Crippen LogP contribution in [0.4, 0.5) is 0 Å². The van der Waals surface area contributed by atoms with E-state index in [1.54, 1.807) is 6.08 Å². The van der Waals surface area contributed by atoms with Crippen LogP contribution in [-0.2, 0) is 11.2 Å². The molecule has 19 heavy (non-hydrogen) atoms. The molecule has 0 unspecified atom stereocenters. The highest BCUT2D eigenvalue weighted by Gasteiger charge is 2.00. The van der Waals surface area contributed by atoms with Gasteiger partial charge in [0.1, 0.15) is 0 Å². The highest BCUT2D eigenvalue weighted by atomic mass is 16.4. The van der Waals surface area contributed by atoms with E-state index in [4.69, 9.17) is 5.11 Å². The van der Waals surface area contributed by atoms with Crippen molar-refractivity contribution in [3.8, 4) is 11.4 Å². The molecule has 1 heterocycles. The monoisotopic (exact) mass is 254 g/mol. The Hall–Kier alpha value is -2.49. The average molecular weight is 254 g/mol. The van der Waals surface area contributed by atoms with Crippen molar-refractivity contribution in [3.05, 3.63) is 53.9 Å². The average Bonchev–Trinajstić information content (AvgIpc) is 2.46. The van der Waals surface area contributed by atoms with Crippen LogP contribution < -0.4 is 0 Å². The first-order valence-corrected chi connectivity index (χ1v) is 6.01. The number of nitrogens with zero attached hydrogens (tertiary/aromatic N) is 2. The molecule has 1 aromatic carbocycles. The maximum atomic E-state index is 10.4. The molecule has 0 spiro atoms. The summed E-state index contributed by atoms with van der Waals surface area (Å²) in [6.45, 7) is 2.06. The Morgan fingerprint density at radius 1 is 1.21 bits per heavy atom. The number of rotatable bonds is 4. The molecule has 96 valence electrons. The Morgan fingerprint density at radius 3 is 2.37 bits per heavy atom. The molecular weight excluding hydrogens is 240 g/mol. The molecule has 0 saturated carbocycles. The van der Waals surface area contributed by atoms with E-state index in [9.17, 15) is 4.79 Å². The van der Waals surface area contributed by atoms with Gasteiger partial charge in [0.05, 0.1) is 0 Å². The van der Waals surface area contributed by atoms with Gasteiger partial charge in [-0.1, -0.05) is 31.2 Å². The van der Waals surface area contributed by atoms with Crippen LogP contribution in [0.3, 0.4) is 0 Å². The molecular formula is C15H14N2O2. The van der Waals surface area contributed by atoms with Crippen molar-refractivity contribution in [1.82, 2.24) is 9.97 Å². The Bertz CT molecular complexity index is 587. The molecule has 0 aliphatic heterocycles. The van der Waals surface area contributed by atoms with E-state index in [0.29, 0.717) is 5.82 Å². The van der Waals surface area contributed by atoms with Gasteiger partial charge in [0.15, 0.2) is 5.82 Å². The van der Waals surface area contributed by atoms with Crippen LogP contribution in [-0.4, -0.2) is 21.0 Å². The van der Waals surface area contributed by atoms with Crippen LogP contribution in [0, 0.1) is 0 Å². The van der Waals surface area contributed by atoms with Gasteiger partial charge in [-0.15, -0.1) is 0 Å². The van der Waals surface area contributed by atoms with Gasteiger partial charge >= 0.3 is 5.97 Å². The minimum atomic E-state index is -0.956. The van der Waals surface area contributed by atoms with Gasteiger partial charge in [-0.05, 0) is 23.6 Å². The fraction of sp³-hybridized carbons (Fsp3) is 0.133. The van der Waals surface area contributed by atoms with Crippen molar-refractivity contribution in [2.75, 3.05) is 0 Å². The van der Waals surface area contributed by atoms with E-state index in [0.717, 1.165) is 29.2 Å². The summed E-state index contributed by atoms with van der Waals surface area (Å²) in [5.41, 5.74) is 2.84. The highest BCUT2D eigenvalue weighted by molar-refractivity contribution is 5.85. The topological polar surface area (TPSA) is 63.1 Å². The summed E-state index contributed by atoms with van der Waals surface area (Å²) in [6.07, 6.45) is 7.22. The van der Waals surface area contributed by atoms with E-state index in [-0.39, 0.29) is 0 Å². The second-order valence-corrected chi connectivity index (χ2v) is 4.06. The molecule has 4 heteroatoms. The summed E-state index contributed by atoms with van der Waals surface area (Å²) < 4.78 is 0. The van der Waals surface area contributed by atoms with Crippen molar-refractivity contribution < 1.29 is 9.90 Å². The van der Waals surface area contributed by atoms with Gasteiger partial charge in [0.25, 0.3) is 0 Å². The molecule has 0 aliphatic carbocycles. The van der Waals surface area contributed by atoms with E-state index in [1.807, 2.05) is 36.7 Å². The SMILES string of the molecule is CCc1cnc(-c2ccc(C=CC(=O)O)cc2)nc1. The smallest absolute Gasteiger partial charge is 0.328 e. The maximum absolute atomic E-state index is 10.4. The number of hydrogen-bond donors (Lipinski definition) is 1. The quantitative estimate of drug-likeness (QED) is 0.852. The van der Waals surface area contributed by atoms with Crippen LogP contribution in [0.2, 0.25) is 0 Å². The maximum Gasteiger partial charge on any atom is 0.328 e. The standard InChI is InChI=1S/C15H14N2O2/c1-2-11-9-16-15(17-10-11)13-6-3-12(4-7-13)5-8-14(18)19/h3-10H,2H2,1H3,(H,18,19). The molecule has 0 saturated heterocycles. The van der Waals surface area contributed by atoms with Gasteiger partial charge in [0, 0.05) is 24.0 Å². The third-order valence-electron chi connectivity index (χ3n) is 2.70. The minimum absolute atomic E-state index is 0.672. The fourth-order valence-corrected chi connectivity index (χ4v) is 1.60. The van der Waals surface area contributed by atoms with Crippen LogP contribution in [0.5, 0.6) is 0 Å². The van der Waals surface area contributed by atoms with Crippen molar-refractivity contribution in [1.29, 1.82) is 0 Å². The molecule has 0 fully saturated rings. The minimum Gasteiger partial charge on any atom is -0.478 e. The molecule has 0 atom stereocenters. The second kappa shape index (κ2) is 5.91. The van der Waals surface area contributed by atoms with Crippen molar-refractivity contribution in [2.24, 2.45) is 0 Å². The van der Waals surface area contributed by atoms with Crippen LogP contribution in [0.15, 0.2) is 42.7 Å². The Balaban J connectivity index is 2.19. The third kappa shape index (κ3) is 3.48. The number of aryl methyl sites for hydroxylation is 1. The number of carboxylic acids is 1. The summed E-state index contributed by atoms with van der Waals surface area (Å²) in [7, 11) is 0. The number of benzene rings is 1. The zero-order valence-electron chi connectivity index (χ0n) is 10.6. The lowest BCUT2D eigenvalue weighted by Gasteiger charge is -2.01. The Morgan fingerprint density at radius 2 is 1.84 bits per heavy atom. The zero-order chi connectivity index (χ0) is 13.7. The van der Waals surface area contributed by atoms with E-state index < -0.39 is 5.97 Å². The number of hydrogen-bond acceptors (Lipinski definition) is 3. The second-order valence-electron chi connectivity index (χ2n) is 4.06. The number of aromatic nitrogens is 2. The van der Waals surface area contributed by atoms with E-state index >= 15 is 0 Å². The van der Waals surface area contributed by atoms with E-state index in [2.05, 4.69) is 16.9 Å². The lowest BCUT2D eigenvalue weighted by Crippen LogP contribution is -1.91. The van der Waals surface area contributed by atoms with Gasteiger partial charge in [-0.2, -0.15) is 0 Å². The summed E-state index contributed by atoms with van der Waals surface area (Å²) >= 11 is 0. The van der Waals surface area contributed by atoms with Crippen LogP contribution in [0.25, 0.3) is 17.5 Å². The molecule has 0 amide bonds. The normalized spacial score (nSPS) is 10.8. The molecule has 0 bridgehead atoms. The molecule has 2 rings (SSSR count). The predicted octanol–water partition coefficient (Wildman–Crippen LogP) is 2.80. The van der Waals surface area contributed by atoms with Crippen molar-refractivity contribution in [2.45, 2.75) is 13.3 Å². The van der Waals surface area contributed by atoms with E-state index in [1.165, 1.54) is 0 Å². The first kappa shape index (κ1) is 13.0. The van der Waals surface area contributed by atoms with Crippen LogP contribution >= 0.6 is 0 Å². The molecule has 1 N–H and O–H groups in total. The fourth-order valence-electron chi connectivity index (χ4n) is 1.60. The summed E-state index contributed by atoms with van der Waals surface area (Å²) in [6, 6.07) is 7.43. The van der Waals surface area contributed by atoms with Crippen molar-refractivity contribution in [3.63, 3.8) is 0 Å². The number of carboxylic acid groups (broad SMARTS) is 1. The highest BCUT2D eigenvalue weighted by Crippen LogP contribution is 2.16. The van der Waals surface area contributed by atoms with Gasteiger partial charge < -0.3 is 5.11 Å². The lowest BCUT2D eigenvalue weighted by molar-refractivity contribution is -0.131. The first-order valence-electron chi connectivity index (χ1n) is 6.01. The third-order valence-corrected chi connectivity index (χ3v) is 2.70. The zero-order valence-corrected chi connectivity index (χ0v) is 10.6. The van der Waals surface area contributed by atoms with Crippen LogP contribution in [0.1, 0.15) is 18.1 Å². The molecule has 2 aromatic rings. The lowest BCUT2D eigenvalue weighted by atomic mass is 10.1. The Labute approximate surface area is 111 Å². The molecule has 0 radical (unpaired) electrons. The van der Waals surface area contributed by atoms with Gasteiger partial charge in [0.2, 0.25) is 0 Å². The molecule has 1 aromatic heterocycles. The number of aliphatic carboxylic acids is 1. The van der Waals surface area contributed by atoms with Gasteiger partial charge in [-0.3, -0.25) is 0 Å². The first-order chi connectivity index (χ1) is 9.19. The Kier molecular flexibility index (Phi) is 4.03. The largest absolute Gasteiger partial charge is 0.478 e. The van der Waals surface area contributed by atoms with Gasteiger partial charge in [-0.25, -0.2) is 14.8 Å². The predicted molar refractivity (Wildman–Crippen MR) is 73.5 cm³/mol. The summed E-state index contributed by atoms with van der Waals surface area (Å²) in [5.74, 6) is -0.284. The van der Waals surface area contributed by atoms with Crippen molar-refractivity contribution >= 4 is 12.0 Å². The summed E-state index contributed by atoms with van der Waals surface area (Å²) in [5, 5.41) is 8.55. The number of carbonyl (C=O) groups is 1.